The van der Waals surface area contributed by atoms with Crippen LogP contribution in [0.15, 0.2) is 36.8 Å². The lowest BCUT2D eigenvalue weighted by molar-refractivity contribution is 0.887. The van der Waals surface area contributed by atoms with E-state index in [4.69, 9.17) is 5.73 Å². The number of hydrogen-bond acceptors (Lipinski definition) is 4. The Morgan fingerprint density at radius 3 is 2.82 bits per heavy atom. The van der Waals surface area contributed by atoms with Crippen LogP contribution in [-0.2, 0) is 0 Å². The van der Waals surface area contributed by atoms with Gasteiger partial charge in [0.15, 0.2) is 5.65 Å². The third-order valence-corrected chi connectivity index (χ3v) is 2.74. The zero-order valence-corrected chi connectivity index (χ0v) is 9.33. The second-order valence-electron chi connectivity index (χ2n) is 3.84. The van der Waals surface area contributed by atoms with E-state index in [1.807, 2.05) is 31.2 Å². The molecule has 17 heavy (non-hydrogen) atoms. The Bertz CT molecular complexity index is 686. The molecule has 0 aliphatic heterocycles. The Morgan fingerprint density at radius 1 is 1.18 bits per heavy atom. The first kappa shape index (κ1) is 9.77. The summed E-state index contributed by atoms with van der Waals surface area (Å²) in [5.74, 6) is 0.454. The fraction of sp³-hybridized carbons (Fsp3) is 0.0833. The lowest BCUT2D eigenvalue weighted by atomic mass is 10.2. The maximum Gasteiger partial charge on any atom is 0.168 e. The smallest absolute Gasteiger partial charge is 0.168 e. The van der Waals surface area contributed by atoms with E-state index in [0.717, 1.165) is 22.3 Å². The first-order valence-electron chi connectivity index (χ1n) is 5.27. The highest BCUT2D eigenvalue weighted by Crippen LogP contribution is 2.21. The number of nitrogen functional groups attached to an aromatic ring is 1. The molecule has 0 saturated heterocycles. The van der Waals surface area contributed by atoms with Crippen molar-refractivity contribution in [1.29, 1.82) is 0 Å². The Labute approximate surface area is 97.9 Å². The van der Waals surface area contributed by atoms with Gasteiger partial charge in [-0.05, 0) is 18.6 Å². The number of rotatable bonds is 1. The fourth-order valence-corrected chi connectivity index (χ4v) is 1.84. The van der Waals surface area contributed by atoms with Crippen molar-refractivity contribution in [2.24, 2.45) is 0 Å². The summed E-state index contributed by atoms with van der Waals surface area (Å²) in [6, 6.07) is 8.00. The van der Waals surface area contributed by atoms with Crippen molar-refractivity contribution in [1.82, 2.24) is 19.7 Å². The highest BCUT2D eigenvalue weighted by Gasteiger charge is 2.10. The molecule has 0 spiro atoms. The summed E-state index contributed by atoms with van der Waals surface area (Å²) in [4.78, 5) is 8.18. The molecule has 0 unspecified atom stereocenters. The number of aromatic nitrogens is 4. The van der Waals surface area contributed by atoms with Gasteiger partial charge in [0.1, 0.15) is 12.1 Å². The standard InChI is InChI=1S/C12H11N5/c1-8-4-2-3-5-10(8)17-12-9(6-16-17)11(13)14-7-15-12/h2-7H,1H3,(H2,13,14,15). The van der Waals surface area contributed by atoms with Crippen molar-refractivity contribution >= 4 is 16.9 Å². The molecule has 0 atom stereocenters. The monoisotopic (exact) mass is 225 g/mol. The van der Waals surface area contributed by atoms with Crippen molar-refractivity contribution in [3.05, 3.63) is 42.4 Å². The van der Waals surface area contributed by atoms with Gasteiger partial charge in [0.2, 0.25) is 0 Å². The van der Waals surface area contributed by atoms with Gasteiger partial charge < -0.3 is 5.73 Å². The molecular formula is C12H11N5. The Hall–Kier alpha value is -2.43. The van der Waals surface area contributed by atoms with Crippen molar-refractivity contribution in [3.8, 4) is 5.69 Å². The first-order valence-corrected chi connectivity index (χ1v) is 5.27. The average Bonchev–Trinajstić information content (AvgIpc) is 2.75. The molecule has 5 heteroatoms. The molecule has 3 aromatic rings. The molecule has 2 heterocycles. The predicted molar refractivity (Wildman–Crippen MR) is 65.8 cm³/mol. The van der Waals surface area contributed by atoms with Gasteiger partial charge in [-0.1, -0.05) is 18.2 Å². The molecule has 2 N–H and O–H groups in total. The Kier molecular flexibility index (Phi) is 2.04. The van der Waals surface area contributed by atoms with E-state index in [-0.39, 0.29) is 0 Å². The van der Waals surface area contributed by atoms with Crippen LogP contribution in [0.3, 0.4) is 0 Å². The van der Waals surface area contributed by atoms with Crippen molar-refractivity contribution in [2.75, 3.05) is 5.73 Å². The molecule has 0 saturated carbocycles. The summed E-state index contributed by atoms with van der Waals surface area (Å²) in [6.45, 7) is 2.04. The highest BCUT2D eigenvalue weighted by molar-refractivity contribution is 5.85. The number of anilines is 1. The molecule has 84 valence electrons. The topological polar surface area (TPSA) is 69.6 Å². The van der Waals surface area contributed by atoms with E-state index in [0.29, 0.717) is 5.82 Å². The van der Waals surface area contributed by atoms with Gasteiger partial charge in [0.25, 0.3) is 0 Å². The van der Waals surface area contributed by atoms with Crippen LogP contribution < -0.4 is 5.73 Å². The summed E-state index contributed by atoms with van der Waals surface area (Å²) in [5.41, 5.74) is 8.64. The fourth-order valence-electron chi connectivity index (χ4n) is 1.84. The third-order valence-electron chi connectivity index (χ3n) is 2.74. The summed E-state index contributed by atoms with van der Waals surface area (Å²) < 4.78 is 1.78. The van der Waals surface area contributed by atoms with Crippen molar-refractivity contribution < 1.29 is 0 Å². The normalized spacial score (nSPS) is 10.9. The van der Waals surface area contributed by atoms with E-state index in [1.54, 1.807) is 10.9 Å². The summed E-state index contributed by atoms with van der Waals surface area (Å²) in [6.07, 6.45) is 3.14. The first-order chi connectivity index (χ1) is 8.27. The quantitative estimate of drug-likeness (QED) is 0.684. The number of aryl methyl sites for hydroxylation is 1. The minimum absolute atomic E-state index is 0.454. The zero-order valence-electron chi connectivity index (χ0n) is 9.33. The van der Waals surface area contributed by atoms with E-state index in [1.165, 1.54) is 6.33 Å². The van der Waals surface area contributed by atoms with E-state index < -0.39 is 0 Å². The van der Waals surface area contributed by atoms with Crippen LogP contribution in [0, 0.1) is 6.92 Å². The molecule has 0 fully saturated rings. The van der Waals surface area contributed by atoms with Crippen LogP contribution in [0.1, 0.15) is 5.56 Å². The molecule has 1 aromatic carbocycles. The lowest BCUT2D eigenvalue weighted by Crippen LogP contribution is -2.00. The van der Waals surface area contributed by atoms with Gasteiger partial charge in [0.05, 0.1) is 17.3 Å². The van der Waals surface area contributed by atoms with E-state index in [2.05, 4.69) is 15.1 Å². The molecule has 3 rings (SSSR count). The predicted octanol–water partition coefficient (Wildman–Crippen LogP) is 1.71. The molecule has 0 aliphatic rings. The number of nitrogens with two attached hydrogens (primary N) is 1. The molecule has 0 radical (unpaired) electrons. The van der Waals surface area contributed by atoms with E-state index in [9.17, 15) is 0 Å². The Morgan fingerprint density at radius 2 is 2.00 bits per heavy atom. The lowest BCUT2D eigenvalue weighted by Gasteiger charge is -2.05. The molecule has 0 aliphatic carbocycles. The van der Waals surface area contributed by atoms with Crippen LogP contribution in [0.25, 0.3) is 16.7 Å². The number of fused-ring (bicyclic) bond motifs is 1. The van der Waals surface area contributed by atoms with Crippen molar-refractivity contribution in [3.63, 3.8) is 0 Å². The zero-order chi connectivity index (χ0) is 11.8. The van der Waals surface area contributed by atoms with Crippen molar-refractivity contribution in [2.45, 2.75) is 6.92 Å². The van der Waals surface area contributed by atoms with Crippen LogP contribution in [0.4, 0.5) is 5.82 Å². The summed E-state index contributed by atoms with van der Waals surface area (Å²) >= 11 is 0. The maximum absolute atomic E-state index is 5.78. The molecular weight excluding hydrogens is 214 g/mol. The average molecular weight is 225 g/mol. The number of benzene rings is 1. The molecule has 2 aromatic heterocycles. The number of para-hydroxylation sites is 1. The summed E-state index contributed by atoms with van der Waals surface area (Å²) in [5, 5.41) is 5.10. The second-order valence-corrected chi connectivity index (χ2v) is 3.84. The second kappa shape index (κ2) is 3.55. The number of nitrogens with zero attached hydrogens (tertiary/aromatic N) is 4. The minimum Gasteiger partial charge on any atom is -0.383 e. The molecule has 0 amide bonds. The highest BCUT2D eigenvalue weighted by atomic mass is 15.3. The van der Waals surface area contributed by atoms with E-state index >= 15 is 0 Å². The van der Waals surface area contributed by atoms with Gasteiger partial charge in [-0.2, -0.15) is 5.10 Å². The summed E-state index contributed by atoms with van der Waals surface area (Å²) in [7, 11) is 0. The number of hydrogen-bond donors (Lipinski definition) is 1. The van der Waals surface area contributed by atoms with Crippen LogP contribution in [-0.4, -0.2) is 19.7 Å². The SMILES string of the molecule is Cc1ccccc1-n1ncc2c(N)ncnc21. The van der Waals surface area contributed by atoms with Gasteiger partial charge in [-0.3, -0.25) is 0 Å². The third kappa shape index (κ3) is 1.44. The van der Waals surface area contributed by atoms with Crippen LogP contribution in [0.5, 0.6) is 0 Å². The Balaban J connectivity index is 2.33. The van der Waals surface area contributed by atoms with Crippen LogP contribution >= 0.6 is 0 Å². The van der Waals surface area contributed by atoms with Crippen LogP contribution in [0.2, 0.25) is 0 Å². The van der Waals surface area contributed by atoms with Gasteiger partial charge in [-0.15, -0.1) is 0 Å². The van der Waals surface area contributed by atoms with Gasteiger partial charge in [0, 0.05) is 0 Å². The minimum atomic E-state index is 0.454. The molecule has 0 bridgehead atoms. The molecule has 5 nitrogen and oxygen atoms in total. The largest absolute Gasteiger partial charge is 0.383 e. The maximum atomic E-state index is 5.78. The van der Waals surface area contributed by atoms with Gasteiger partial charge >= 0.3 is 0 Å². The van der Waals surface area contributed by atoms with Gasteiger partial charge in [-0.25, -0.2) is 14.6 Å².